The number of nitrogens with two attached hydrogens (primary N) is 1. The van der Waals surface area contributed by atoms with Gasteiger partial charge in [-0.15, -0.1) is 0 Å². The van der Waals surface area contributed by atoms with Crippen LogP contribution in [0, 0.1) is 0 Å². The topological polar surface area (TPSA) is 79.2 Å². The van der Waals surface area contributed by atoms with E-state index < -0.39 is 10.0 Å². The standard InChI is InChI=1S/C17H25N3O2S/c1-17(2,18)10-14-11-19-16-6-5-13(9-15(14)16)12-23(21,22)20-7-3-4-8-20/h5-6,9,11,19H,3-4,7-8,10,12,18H2,1-2H3. The van der Waals surface area contributed by atoms with E-state index in [1.807, 2.05) is 38.2 Å². The SMILES string of the molecule is CC(C)(N)Cc1c[nH]c2ccc(CS(=O)(=O)N3CCCC3)cc12. The largest absolute Gasteiger partial charge is 0.361 e. The van der Waals surface area contributed by atoms with Crippen molar-refractivity contribution in [2.45, 2.75) is 44.4 Å². The van der Waals surface area contributed by atoms with Crippen LogP contribution in [-0.2, 0) is 22.2 Å². The van der Waals surface area contributed by atoms with Gasteiger partial charge in [0.25, 0.3) is 0 Å². The molecule has 2 aromatic rings. The Morgan fingerprint density at radius 1 is 1.26 bits per heavy atom. The number of hydrogen-bond acceptors (Lipinski definition) is 3. The molecule has 0 aliphatic carbocycles. The molecule has 1 aromatic carbocycles. The van der Waals surface area contributed by atoms with Crippen LogP contribution in [0.5, 0.6) is 0 Å². The minimum atomic E-state index is -3.21. The molecule has 6 heteroatoms. The number of nitrogens with one attached hydrogen (secondary N) is 1. The second kappa shape index (κ2) is 5.92. The number of benzene rings is 1. The molecule has 3 rings (SSSR count). The van der Waals surface area contributed by atoms with Gasteiger partial charge in [0.15, 0.2) is 0 Å². The lowest BCUT2D eigenvalue weighted by Crippen LogP contribution is -2.34. The van der Waals surface area contributed by atoms with Crippen molar-refractivity contribution in [1.82, 2.24) is 9.29 Å². The van der Waals surface area contributed by atoms with Crippen molar-refractivity contribution in [3.63, 3.8) is 0 Å². The molecule has 2 heterocycles. The number of nitrogens with zero attached hydrogens (tertiary/aromatic N) is 1. The zero-order chi connectivity index (χ0) is 16.7. The molecule has 1 aromatic heterocycles. The molecule has 0 saturated carbocycles. The third-order valence-electron chi connectivity index (χ3n) is 4.29. The van der Waals surface area contributed by atoms with E-state index in [4.69, 9.17) is 5.73 Å². The number of rotatable bonds is 5. The van der Waals surface area contributed by atoms with E-state index in [-0.39, 0.29) is 11.3 Å². The molecular weight excluding hydrogens is 310 g/mol. The van der Waals surface area contributed by atoms with E-state index >= 15 is 0 Å². The molecule has 0 atom stereocenters. The van der Waals surface area contributed by atoms with Crippen LogP contribution < -0.4 is 5.73 Å². The maximum Gasteiger partial charge on any atom is 0.218 e. The molecule has 1 aliphatic rings. The number of fused-ring (bicyclic) bond motifs is 1. The first-order valence-electron chi connectivity index (χ1n) is 8.10. The van der Waals surface area contributed by atoms with Gasteiger partial charge in [0.2, 0.25) is 10.0 Å². The van der Waals surface area contributed by atoms with Crippen molar-refractivity contribution >= 4 is 20.9 Å². The van der Waals surface area contributed by atoms with Gasteiger partial charge >= 0.3 is 0 Å². The summed E-state index contributed by atoms with van der Waals surface area (Å²) in [6.45, 7) is 5.30. The predicted octanol–water partition coefficient (Wildman–Crippen LogP) is 2.37. The van der Waals surface area contributed by atoms with Crippen molar-refractivity contribution in [1.29, 1.82) is 0 Å². The summed E-state index contributed by atoms with van der Waals surface area (Å²) in [5, 5.41) is 1.07. The van der Waals surface area contributed by atoms with Crippen LogP contribution >= 0.6 is 0 Å². The van der Waals surface area contributed by atoms with Gasteiger partial charge in [-0.25, -0.2) is 12.7 Å². The first-order valence-corrected chi connectivity index (χ1v) is 9.71. The lowest BCUT2D eigenvalue weighted by Gasteiger charge is -2.18. The molecule has 0 unspecified atom stereocenters. The van der Waals surface area contributed by atoms with Gasteiger partial charge in [0.1, 0.15) is 0 Å². The molecule has 0 spiro atoms. The fourth-order valence-electron chi connectivity index (χ4n) is 3.22. The van der Waals surface area contributed by atoms with Crippen LogP contribution in [0.3, 0.4) is 0 Å². The van der Waals surface area contributed by atoms with E-state index in [1.165, 1.54) is 0 Å². The van der Waals surface area contributed by atoms with Gasteiger partial charge in [-0.3, -0.25) is 0 Å². The maximum absolute atomic E-state index is 12.5. The summed E-state index contributed by atoms with van der Waals surface area (Å²) in [5.41, 5.74) is 8.81. The molecule has 3 N–H and O–H groups in total. The van der Waals surface area contributed by atoms with Gasteiger partial charge in [-0.2, -0.15) is 0 Å². The Balaban J connectivity index is 1.88. The van der Waals surface area contributed by atoms with Gasteiger partial charge in [0, 0.05) is 35.7 Å². The fourth-order valence-corrected chi connectivity index (χ4v) is 4.82. The molecule has 1 aliphatic heterocycles. The van der Waals surface area contributed by atoms with Crippen molar-refractivity contribution in [3.05, 3.63) is 35.5 Å². The molecule has 0 bridgehead atoms. The molecule has 126 valence electrons. The Kier molecular flexibility index (Phi) is 4.25. The van der Waals surface area contributed by atoms with E-state index in [9.17, 15) is 8.42 Å². The van der Waals surface area contributed by atoms with Crippen LogP contribution in [0.2, 0.25) is 0 Å². The van der Waals surface area contributed by atoms with Crippen LogP contribution in [0.15, 0.2) is 24.4 Å². The third kappa shape index (κ3) is 3.76. The zero-order valence-electron chi connectivity index (χ0n) is 13.8. The quantitative estimate of drug-likeness (QED) is 0.880. The lowest BCUT2D eigenvalue weighted by atomic mass is 9.95. The number of hydrogen-bond donors (Lipinski definition) is 2. The highest BCUT2D eigenvalue weighted by Gasteiger charge is 2.25. The first-order chi connectivity index (χ1) is 10.7. The number of aromatic nitrogens is 1. The summed E-state index contributed by atoms with van der Waals surface area (Å²) in [7, 11) is -3.21. The Bertz CT molecular complexity index is 797. The monoisotopic (exact) mass is 335 g/mol. The average Bonchev–Trinajstić information content (AvgIpc) is 3.07. The normalized spacial score (nSPS) is 17.2. The van der Waals surface area contributed by atoms with Crippen molar-refractivity contribution in [2.75, 3.05) is 13.1 Å². The first kappa shape index (κ1) is 16.5. The van der Waals surface area contributed by atoms with E-state index in [0.29, 0.717) is 13.1 Å². The van der Waals surface area contributed by atoms with Crippen LogP contribution in [0.1, 0.15) is 37.8 Å². The number of H-pyrrole nitrogens is 1. The van der Waals surface area contributed by atoms with Gasteiger partial charge < -0.3 is 10.7 Å². The van der Waals surface area contributed by atoms with E-state index in [2.05, 4.69) is 4.98 Å². The zero-order valence-corrected chi connectivity index (χ0v) is 14.6. The van der Waals surface area contributed by atoms with Crippen molar-refractivity contribution < 1.29 is 8.42 Å². The van der Waals surface area contributed by atoms with Gasteiger partial charge in [-0.1, -0.05) is 6.07 Å². The fraction of sp³-hybridized carbons (Fsp3) is 0.529. The highest BCUT2D eigenvalue weighted by atomic mass is 32.2. The second-order valence-corrected chi connectivity index (χ2v) is 9.19. The minimum Gasteiger partial charge on any atom is -0.361 e. The maximum atomic E-state index is 12.5. The molecule has 5 nitrogen and oxygen atoms in total. The average molecular weight is 335 g/mol. The Morgan fingerprint density at radius 3 is 2.61 bits per heavy atom. The molecule has 0 amide bonds. The van der Waals surface area contributed by atoms with Gasteiger partial charge in [-0.05, 0) is 56.4 Å². The van der Waals surface area contributed by atoms with Gasteiger partial charge in [0.05, 0.1) is 5.75 Å². The Labute approximate surface area is 137 Å². The smallest absolute Gasteiger partial charge is 0.218 e. The molecule has 1 fully saturated rings. The van der Waals surface area contributed by atoms with E-state index in [0.717, 1.165) is 41.3 Å². The summed E-state index contributed by atoms with van der Waals surface area (Å²) < 4.78 is 26.6. The van der Waals surface area contributed by atoms with Crippen LogP contribution in [-0.4, -0.2) is 36.3 Å². The summed E-state index contributed by atoms with van der Waals surface area (Å²) >= 11 is 0. The molecular formula is C17H25N3O2S. The Morgan fingerprint density at radius 2 is 1.96 bits per heavy atom. The highest BCUT2D eigenvalue weighted by molar-refractivity contribution is 7.88. The number of sulfonamides is 1. The molecule has 0 radical (unpaired) electrons. The minimum absolute atomic E-state index is 0.0690. The molecule has 1 saturated heterocycles. The van der Waals surface area contributed by atoms with Crippen molar-refractivity contribution in [2.24, 2.45) is 5.73 Å². The third-order valence-corrected chi connectivity index (χ3v) is 6.14. The summed E-state index contributed by atoms with van der Waals surface area (Å²) in [6, 6.07) is 5.83. The summed E-state index contributed by atoms with van der Waals surface area (Å²) in [4.78, 5) is 3.24. The summed E-state index contributed by atoms with van der Waals surface area (Å²) in [6.07, 6.45) is 4.64. The van der Waals surface area contributed by atoms with Crippen molar-refractivity contribution in [3.8, 4) is 0 Å². The summed E-state index contributed by atoms with van der Waals surface area (Å²) in [5.74, 6) is 0.0690. The van der Waals surface area contributed by atoms with E-state index in [1.54, 1.807) is 4.31 Å². The lowest BCUT2D eigenvalue weighted by molar-refractivity contribution is 0.476. The van der Waals surface area contributed by atoms with Crippen LogP contribution in [0.4, 0.5) is 0 Å². The number of aromatic amines is 1. The van der Waals surface area contributed by atoms with Crippen LogP contribution in [0.25, 0.3) is 10.9 Å². The highest BCUT2D eigenvalue weighted by Crippen LogP contribution is 2.25. The predicted molar refractivity (Wildman–Crippen MR) is 93.7 cm³/mol. The second-order valence-electron chi connectivity index (χ2n) is 7.22. The molecule has 23 heavy (non-hydrogen) atoms. The Hall–Kier alpha value is -1.37.